The molecular weight excluding hydrogens is 276 g/mol. The van der Waals surface area contributed by atoms with E-state index in [4.69, 9.17) is 4.42 Å². The standard InChI is InChI=1S/C18H20N2O2/c1-2-9-19-18(21)20-10-7-14-12-13-5-3-4-6-15(13)16-8-11-22-17(14)16/h3-6,8,11-12H,2,7,9-10H2,1H3,(H2,19,20,21). The lowest BCUT2D eigenvalue weighted by Gasteiger charge is -2.08. The third-order valence-corrected chi connectivity index (χ3v) is 3.75. The van der Waals surface area contributed by atoms with E-state index < -0.39 is 0 Å². The summed E-state index contributed by atoms with van der Waals surface area (Å²) < 4.78 is 5.65. The van der Waals surface area contributed by atoms with Crippen LogP contribution in [-0.2, 0) is 6.42 Å². The van der Waals surface area contributed by atoms with Gasteiger partial charge in [0.25, 0.3) is 0 Å². The molecule has 0 aliphatic carbocycles. The van der Waals surface area contributed by atoms with E-state index in [0.717, 1.165) is 29.4 Å². The van der Waals surface area contributed by atoms with Crippen LogP contribution in [0.1, 0.15) is 18.9 Å². The van der Waals surface area contributed by atoms with Crippen LogP contribution in [0.25, 0.3) is 21.7 Å². The molecule has 0 aliphatic rings. The lowest BCUT2D eigenvalue weighted by Crippen LogP contribution is -2.36. The number of amides is 2. The van der Waals surface area contributed by atoms with Crippen molar-refractivity contribution in [3.63, 3.8) is 0 Å². The van der Waals surface area contributed by atoms with Gasteiger partial charge in [-0.3, -0.25) is 0 Å². The van der Waals surface area contributed by atoms with Crippen LogP contribution in [0.3, 0.4) is 0 Å². The van der Waals surface area contributed by atoms with E-state index in [1.54, 1.807) is 6.26 Å². The Morgan fingerprint density at radius 1 is 1.09 bits per heavy atom. The van der Waals surface area contributed by atoms with E-state index in [-0.39, 0.29) is 6.03 Å². The van der Waals surface area contributed by atoms with Crippen molar-refractivity contribution in [3.05, 3.63) is 48.2 Å². The lowest BCUT2D eigenvalue weighted by molar-refractivity contribution is 0.241. The fraction of sp³-hybridized carbons (Fsp3) is 0.278. The first-order valence-corrected chi connectivity index (χ1v) is 7.69. The van der Waals surface area contributed by atoms with Gasteiger partial charge in [-0.05, 0) is 41.3 Å². The second-order valence-corrected chi connectivity index (χ2v) is 5.35. The highest BCUT2D eigenvalue weighted by atomic mass is 16.3. The Morgan fingerprint density at radius 2 is 1.91 bits per heavy atom. The van der Waals surface area contributed by atoms with Gasteiger partial charge in [0.2, 0.25) is 0 Å². The molecule has 0 fully saturated rings. The molecule has 4 heteroatoms. The molecule has 3 aromatic rings. The van der Waals surface area contributed by atoms with E-state index >= 15 is 0 Å². The molecule has 0 unspecified atom stereocenters. The van der Waals surface area contributed by atoms with Gasteiger partial charge in [-0.2, -0.15) is 0 Å². The van der Waals surface area contributed by atoms with Gasteiger partial charge < -0.3 is 15.1 Å². The summed E-state index contributed by atoms with van der Waals surface area (Å²) >= 11 is 0. The van der Waals surface area contributed by atoms with Crippen molar-refractivity contribution in [1.29, 1.82) is 0 Å². The molecule has 0 aliphatic heterocycles. The Morgan fingerprint density at radius 3 is 2.77 bits per heavy atom. The molecule has 2 amide bonds. The summed E-state index contributed by atoms with van der Waals surface area (Å²) in [5.41, 5.74) is 2.03. The van der Waals surface area contributed by atoms with Crippen LogP contribution >= 0.6 is 0 Å². The van der Waals surface area contributed by atoms with Gasteiger partial charge in [-0.25, -0.2) is 4.79 Å². The number of nitrogens with one attached hydrogen (secondary N) is 2. The molecule has 0 spiro atoms. The van der Waals surface area contributed by atoms with Gasteiger partial charge in [-0.15, -0.1) is 0 Å². The molecule has 2 N–H and O–H groups in total. The number of benzene rings is 2. The number of carbonyl (C=O) groups is 1. The Hall–Kier alpha value is -2.49. The summed E-state index contributed by atoms with van der Waals surface area (Å²) in [6, 6.07) is 12.3. The molecule has 3 rings (SSSR count). The van der Waals surface area contributed by atoms with Crippen molar-refractivity contribution in [1.82, 2.24) is 10.6 Å². The van der Waals surface area contributed by atoms with Crippen molar-refractivity contribution in [2.75, 3.05) is 13.1 Å². The quantitative estimate of drug-likeness (QED) is 0.751. The molecule has 0 atom stereocenters. The fourth-order valence-electron chi connectivity index (χ4n) is 2.69. The van der Waals surface area contributed by atoms with Crippen molar-refractivity contribution < 1.29 is 9.21 Å². The minimum Gasteiger partial charge on any atom is -0.464 e. The van der Waals surface area contributed by atoms with Gasteiger partial charge in [0.15, 0.2) is 0 Å². The number of hydrogen-bond donors (Lipinski definition) is 2. The minimum atomic E-state index is -0.113. The maximum atomic E-state index is 11.6. The summed E-state index contributed by atoms with van der Waals surface area (Å²) in [5, 5.41) is 9.21. The average Bonchev–Trinajstić information content (AvgIpc) is 3.03. The predicted octanol–water partition coefficient (Wildman–Crippen LogP) is 3.84. The SMILES string of the molecule is CCCNC(=O)NCCc1cc2ccccc2c2ccoc12. The summed E-state index contributed by atoms with van der Waals surface area (Å²) in [4.78, 5) is 11.6. The van der Waals surface area contributed by atoms with Gasteiger partial charge in [-0.1, -0.05) is 31.2 Å². The third-order valence-electron chi connectivity index (χ3n) is 3.75. The lowest BCUT2D eigenvalue weighted by atomic mass is 10.0. The smallest absolute Gasteiger partial charge is 0.314 e. The first-order valence-electron chi connectivity index (χ1n) is 7.69. The molecule has 114 valence electrons. The summed E-state index contributed by atoms with van der Waals surface area (Å²) in [6.45, 7) is 3.32. The molecule has 0 saturated carbocycles. The van der Waals surface area contributed by atoms with Crippen LogP contribution in [0.4, 0.5) is 4.79 Å². The van der Waals surface area contributed by atoms with E-state index in [2.05, 4.69) is 28.8 Å². The molecule has 0 radical (unpaired) electrons. The number of carbonyl (C=O) groups excluding carboxylic acids is 1. The number of fused-ring (bicyclic) bond motifs is 3. The molecular formula is C18H20N2O2. The average molecular weight is 296 g/mol. The van der Waals surface area contributed by atoms with E-state index in [1.165, 1.54) is 10.8 Å². The Balaban J connectivity index is 1.78. The molecule has 1 aromatic heterocycles. The van der Waals surface area contributed by atoms with E-state index in [0.29, 0.717) is 13.1 Å². The van der Waals surface area contributed by atoms with Crippen molar-refractivity contribution >= 4 is 27.8 Å². The monoisotopic (exact) mass is 296 g/mol. The van der Waals surface area contributed by atoms with Crippen LogP contribution in [-0.4, -0.2) is 19.1 Å². The fourth-order valence-corrected chi connectivity index (χ4v) is 2.69. The highest BCUT2D eigenvalue weighted by molar-refractivity contribution is 6.07. The van der Waals surface area contributed by atoms with Crippen molar-refractivity contribution in [3.8, 4) is 0 Å². The zero-order valence-electron chi connectivity index (χ0n) is 12.7. The second-order valence-electron chi connectivity index (χ2n) is 5.35. The Labute approximate surface area is 129 Å². The van der Waals surface area contributed by atoms with Crippen LogP contribution in [0.5, 0.6) is 0 Å². The second kappa shape index (κ2) is 6.52. The molecule has 2 aromatic carbocycles. The Bertz CT molecular complexity index is 792. The number of furan rings is 1. The van der Waals surface area contributed by atoms with Crippen LogP contribution < -0.4 is 10.6 Å². The third kappa shape index (κ3) is 2.91. The largest absolute Gasteiger partial charge is 0.464 e. The highest BCUT2D eigenvalue weighted by Gasteiger charge is 2.09. The number of rotatable bonds is 5. The van der Waals surface area contributed by atoms with Crippen LogP contribution in [0.2, 0.25) is 0 Å². The summed E-state index contributed by atoms with van der Waals surface area (Å²) in [5.74, 6) is 0. The minimum absolute atomic E-state index is 0.113. The predicted molar refractivity (Wildman–Crippen MR) is 89.1 cm³/mol. The van der Waals surface area contributed by atoms with Gasteiger partial charge in [0.05, 0.1) is 6.26 Å². The molecule has 22 heavy (non-hydrogen) atoms. The van der Waals surface area contributed by atoms with Crippen molar-refractivity contribution in [2.24, 2.45) is 0 Å². The van der Waals surface area contributed by atoms with Crippen LogP contribution in [0.15, 0.2) is 47.1 Å². The maximum absolute atomic E-state index is 11.6. The summed E-state index contributed by atoms with van der Waals surface area (Å²) in [7, 11) is 0. The van der Waals surface area contributed by atoms with Gasteiger partial charge >= 0.3 is 6.03 Å². The van der Waals surface area contributed by atoms with E-state index in [1.807, 2.05) is 25.1 Å². The first kappa shape index (κ1) is 14.4. The Kier molecular flexibility index (Phi) is 4.28. The van der Waals surface area contributed by atoms with Crippen molar-refractivity contribution in [2.45, 2.75) is 19.8 Å². The van der Waals surface area contributed by atoms with Crippen LogP contribution in [0, 0.1) is 0 Å². The zero-order chi connectivity index (χ0) is 15.4. The zero-order valence-corrected chi connectivity index (χ0v) is 12.7. The molecule has 1 heterocycles. The maximum Gasteiger partial charge on any atom is 0.314 e. The van der Waals surface area contributed by atoms with E-state index in [9.17, 15) is 4.79 Å². The molecule has 4 nitrogen and oxygen atoms in total. The number of hydrogen-bond acceptors (Lipinski definition) is 2. The molecule has 0 saturated heterocycles. The van der Waals surface area contributed by atoms with Gasteiger partial charge in [0, 0.05) is 18.5 Å². The first-order chi connectivity index (χ1) is 10.8. The number of urea groups is 1. The highest BCUT2D eigenvalue weighted by Crippen LogP contribution is 2.29. The summed E-state index contributed by atoms with van der Waals surface area (Å²) in [6.07, 6.45) is 3.40. The molecule has 0 bridgehead atoms. The topological polar surface area (TPSA) is 54.3 Å². The normalized spacial score (nSPS) is 11.0. The van der Waals surface area contributed by atoms with Gasteiger partial charge in [0.1, 0.15) is 5.58 Å².